The zero-order valence-corrected chi connectivity index (χ0v) is 9.06. The fraction of sp³-hybridized carbons (Fsp3) is 0.385. The van der Waals surface area contributed by atoms with E-state index < -0.39 is 0 Å². The molecule has 0 saturated heterocycles. The van der Waals surface area contributed by atoms with E-state index in [1.165, 1.54) is 42.4 Å². The summed E-state index contributed by atoms with van der Waals surface area (Å²) in [5.41, 5.74) is 4.30. The molecular formula is C13H15Cl. The highest BCUT2D eigenvalue weighted by Gasteiger charge is 2.12. The summed E-state index contributed by atoms with van der Waals surface area (Å²) in [6.45, 7) is 0. The molecule has 0 fully saturated rings. The van der Waals surface area contributed by atoms with Crippen molar-refractivity contribution >= 4 is 17.2 Å². The molecule has 0 spiro atoms. The summed E-state index contributed by atoms with van der Waals surface area (Å²) in [6.07, 6.45) is 5.00. The molecule has 0 saturated carbocycles. The molecule has 0 atom stereocenters. The maximum atomic E-state index is 5.97. The zero-order chi connectivity index (χ0) is 9.80. The van der Waals surface area contributed by atoms with E-state index in [1.807, 2.05) is 0 Å². The summed E-state index contributed by atoms with van der Waals surface area (Å²) < 4.78 is 0. The average molecular weight is 207 g/mol. The van der Waals surface area contributed by atoms with Gasteiger partial charge in [-0.05, 0) is 36.8 Å². The van der Waals surface area contributed by atoms with Crippen molar-refractivity contribution < 1.29 is 0 Å². The van der Waals surface area contributed by atoms with Crippen molar-refractivity contribution in [2.24, 2.45) is 0 Å². The van der Waals surface area contributed by atoms with Crippen LogP contribution >= 0.6 is 11.6 Å². The first kappa shape index (κ1) is 9.79. The number of hydrogen-bond acceptors (Lipinski definition) is 0. The van der Waals surface area contributed by atoms with Gasteiger partial charge in [0.2, 0.25) is 0 Å². The van der Waals surface area contributed by atoms with Gasteiger partial charge in [0.25, 0.3) is 0 Å². The van der Waals surface area contributed by atoms with E-state index in [0.717, 1.165) is 0 Å². The van der Waals surface area contributed by atoms with E-state index in [2.05, 4.69) is 30.3 Å². The highest BCUT2D eigenvalue weighted by atomic mass is 35.5. The van der Waals surface area contributed by atoms with Gasteiger partial charge in [-0.25, -0.2) is 0 Å². The molecule has 0 aromatic heterocycles. The second kappa shape index (κ2) is 4.65. The van der Waals surface area contributed by atoms with Crippen LogP contribution in [0.2, 0.25) is 0 Å². The Hall–Kier alpha value is -0.750. The van der Waals surface area contributed by atoms with Gasteiger partial charge in [-0.3, -0.25) is 0 Å². The second-order valence-corrected chi connectivity index (χ2v) is 4.06. The third-order valence-corrected chi connectivity index (χ3v) is 3.19. The van der Waals surface area contributed by atoms with Gasteiger partial charge in [0.15, 0.2) is 0 Å². The molecule has 0 amide bonds. The largest absolute Gasteiger partial charge is 0.122 e. The van der Waals surface area contributed by atoms with E-state index in [0.29, 0.717) is 5.88 Å². The topological polar surface area (TPSA) is 0 Å². The summed E-state index contributed by atoms with van der Waals surface area (Å²) >= 11 is 5.97. The summed E-state index contributed by atoms with van der Waals surface area (Å²) in [7, 11) is 0. The Bertz CT molecular complexity index is 324. The molecule has 1 aliphatic carbocycles. The highest BCUT2D eigenvalue weighted by Crippen LogP contribution is 2.32. The lowest BCUT2D eigenvalue weighted by molar-refractivity contribution is 0.715. The van der Waals surface area contributed by atoms with Crippen molar-refractivity contribution in [3.8, 4) is 0 Å². The van der Waals surface area contributed by atoms with Crippen LogP contribution < -0.4 is 0 Å². The van der Waals surface area contributed by atoms with Crippen LogP contribution in [0.15, 0.2) is 35.9 Å². The Kier molecular flexibility index (Phi) is 3.26. The molecule has 0 bridgehead atoms. The van der Waals surface area contributed by atoms with Crippen LogP contribution in [0.3, 0.4) is 0 Å². The zero-order valence-electron chi connectivity index (χ0n) is 8.30. The van der Waals surface area contributed by atoms with E-state index >= 15 is 0 Å². The lowest BCUT2D eigenvalue weighted by atomic mass is 9.88. The Morgan fingerprint density at radius 1 is 1.00 bits per heavy atom. The molecular weight excluding hydrogens is 192 g/mol. The molecule has 14 heavy (non-hydrogen) atoms. The molecule has 0 nitrogen and oxygen atoms in total. The molecule has 74 valence electrons. The van der Waals surface area contributed by atoms with Crippen molar-refractivity contribution in [2.75, 3.05) is 5.88 Å². The van der Waals surface area contributed by atoms with Crippen LogP contribution in [0, 0.1) is 0 Å². The smallest absolute Gasteiger partial charge is 0.0439 e. The van der Waals surface area contributed by atoms with Gasteiger partial charge in [-0.2, -0.15) is 0 Å². The highest BCUT2D eigenvalue weighted by molar-refractivity contribution is 6.20. The standard InChI is InChI=1S/C13H15Cl/c14-10-12-8-4-5-9-13(12)11-6-2-1-3-7-11/h1-3,6-7H,4-5,8-10H2. The van der Waals surface area contributed by atoms with Gasteiger partial charge >= 0.3 is 0 Å². The molecule has 2 rings (SSSR count). The number of alkyl halides is 1. The normalized spacial score (nSPS) is 17.2. The second-order valence-electron chi connectivity index (χ2n) is 3.79. The first-order chi connectivity index (χ1) is 6.92. The molecule has 1 aromatic carbocycles. The maximum Gasteiger partial charge on any atom is 0.0439 e. The molecule has 1 aliphatic rings. The van der Waals surface area contributed by atoms with Gasteiger partial charge < -0.3 is 0 Å². The van der Waals surface area contributed by atoms with Crippen molar-refractivity contribution in [2.45, 2.75) is 25.7 Å². The first-order valence-corrected chi connectivity index (χ1v) is 5.77. The Balaban J connectivity index is 2.35. The summed E-state index contributed by atoms with van der Waals surface area (Å²) in [5, 5.41) is 0. The molecule has 1 heteroatoms. The van der Waals surface area contributed by atoms with E-state index in [-0.39, 0.29) is 0 Å². The van der Waals surface area contributed by atoms with Crippen LogP contribution in [0.25, 0.3) is 5.57 Å². The lowest BCUT2D eigenvalue weighted by Gasteiger charge is -2.19. The molecule has 0 heterocycles. The van der Waals surface area contributed by atoms with Crippen LogP contribution in [0.4, 0.5) is 0 Å². The Morgan fingerprint density at radius 2 is 1.71 bits per heavy atom. The third kappa shape index (κ3) is 2.01. The quantitative estimate of drug-likeness (QED) is 0.635. The number of allylic oxidation sites excluding steroid dienone is 2. The molecule has 0 aliphatic heterocycles. The number of rotatable bonds is 2. The molecule has 1 aromatic rings. The van der Waals surface area contributed by atoms with Crippen LogP contribution in [0.1, 0.15) is 31.2 Å². The average Bonchev–Trinajstić information content (AvgIpc) is 2.30. The molecule has 0 N–H and O–H groups in total. The number of hydrogen-bond donors (Lipinski definition) is 0. The minimum absolute atomic E-state index is 0.699. The van der Waals surface area contributed by atoms with Gasteiger partial charge in [0.05, 0.1) is 0 Å². The van der Waals surface area contributed by atoms with Crippen molar-refractivity contribution in [3.63, 3.8) is 0 Å². The first-order valence-electron chi connectivity index (χ1n) is 5.24. The minimum atomic E-state index is 0.699. The van der Waals surface area contributed by atoms with Crippen molar-refractivity contribution in [1.82, 2.24) is 0 Å². The molecule has 0 unspecified atom stereocenters. The van der Waals surface area contributed by atoms with E-state index in [9.17, 15) is 0 Å². The fourth-order valence-electron chi connectivity index (χ4n) is 2.10. The lowest BCUT2D eigenvalue weighted by Crippen LogP contribution is -2.00. The van der Waals surface area contributed by atoms with Crippen molar-refractivity contribution in [3.05, 3.63) is 41.5 Å². The van der Waals surface area contributed by atoms with Crippen LogP contribution in [-0.4, -0.2) is 5.88 Å². The Labute approximate surface area is 90.6 Å². The van der Waals surface area contributed by atoms with Gasteiger partial charge in [0, 0.05) is 5.88 Å². The maximum absolute atomic E-state index is 5.97. The van der Waals surface area contributed by atoms with Gasteiger partial charge in [-0.1, -0.05) is 35.9 Å². The van der Waals surface area contributed by atoms with Gasteiger partial charge in [-0.15, -0.1) is 11.6 Å². The minimum Gasteiger partial charge on any atom is -0.122 e. The fourth-order valence-corrected chi connectivity index (χ4v) is 2.40. The van der Waals surface area contributed by atoms with Crippen molar-refractivity contribution in [1.29, 1.82) is 0 Å². The summed E-state index contributed by atoms with van der Waals surface area (Å²) in [6, 6.07) is 10.6. The van der Waals surface area contributed by atoms with Crippen LogP contribution in [-0.2, 0) is 0 Å². The monoisotopic (exact) mass is 206 g/mol. The van der Waals surface area contributed by atoms with E-state index in [1.54, 1.807) is 0 Å². The third-order valence-electron chi connectivity index (χ3n) is 2.87. The predicted molar refractivity (Wildman–Crippen MR) is 62.6 cm³/mol. The van der Waals surface area contributed by atoms with Gasteiger partial charge in [0.1, 0.15) is 0 Å². The SMILES string of the molecule is ClCC1=C(c2ccccc2)CCCC1. The molecule has 0 radical (unpaired) electrons. The summed E-state index contributed by atoms with van der Waals surface area (Å²) in [5.74, 6) is 0.699. The predicted octanol–water partition coefficient (Wildman–Crippen LogP) is 4.25. The number of halogens is 1. The summed E-state index contributed by atoms with van der Waals surface area (Å²) in [4.78, 5) is 0. The number of benzene rings is 1. The van der Waals surface area contributed by atoms with Crippen LogP contribution in [0.5, 0.6) is 0 Å². The van der Waals surface area contributed by atoms with E-state index in [4.69, 9.17) is 11.6 Å². The Morgan fingerprint density at radius 3 is 2.43 bits per heavy atom.